The normalized spacial score (nSPS) is 8.31. The van der Waals surface area contributed by atoms with E-state index in [0.29, 0.717) is 0 Å². The molecule has 0 aliphatic heterocycles. The van der Waals surface area contributed by atoms with Gasteiger partial charge in [-0.25, -0.2) is 0 Å². The summed E-state index contributed by atoms with van der Waals surface area (Å²) < 4.78 is 0. The SMILES string of the molecule is CC(C)[O-].CC(C)[O-].CC(C)[O-].[Zr+3]. The molecule has 0 spiro atoms. The molecule has 0 heterocycles. The van der Waals surface area contributed by atoms with Crippen molar-refractivity contribution in [2.45, 2.75) is 59.9 Å². The van der Waals surface area contributed by atoms with Gasteiger partial charge >= 0.3 is 26.2 Å². The summed E-state index contributed by atoms with van der Waals surface area (Å²) in [6.07, 6.45) is -1.25. The van der Waals surface area contributed by atoms with Gasteiger partial charge in [-0.15, -0.1) is 18.3 Å². The summed E-state index contributed by atoms with van der Waals surface area (Å²) in [5, 5.41) is 28.6. The minimum atomic E-state index is -0.417. The molecular formula is C9H21O3Zr. The van der Waals surface area contributed by atoms with E-state index in [4.69, 9.17) is 0 Å². The molecule has 79 valence electrons. The van der Waals surface area contributed by atoms with E-state index in [0.717, 1.165) is 0 Å². The monoisotopic (exact) mass is 267 g/mol. The van der Waals surface area contributed by atoms with Gasteiger partial charge in [0, 0.05) is 0 Å². The van der Waals surface area contributed by atoms with E-state index < -0.39 is 18.3 Å². The molecule has 0 aromatic carbocycles. The molecule has 0 saturated heterocycles. The second-order valence-corrected chi connectivity index (χ2v) is 3.15. The fourth-order valence-electron chi connectivity index (χ4n) is 0. The van der Waals surface area contributed by atoms with Crippen LogP contribution in [0.5, 0.6) is 0 Å². The van der Waals surface area contributed by atoms with E-state index in [2.05, 4.69) is 0 Å². The molecule has 0 atom stereocenters. The van der Waals surface area contributed by atoms with Crippen LogP contribution in [0, 0.1) is 0 Å². The van der Waals surface area contributed by atoms with Gasteiger partial charge in [0.05, 0.1) is 0 Å². The van der Waals surface area contributed by atoms with Crippen molar-refractivity contribution in [3.8, 4) is 0 Å². The van der Waals surface area contributed by atoms with Crippen LogP contribution < -0.4 is 15.3 Å². The second-order valence-electron chi connectivity index (χ2n) is 3.15. The fourth-order valence-corrected chi connectivity index (χ4v) is 0. The molecule has 0 unspecified atom stereocenters. The van der Waals surface area contributed by atoms with Crippen molar-refractivity contribution in [3.63, 3.8) is 0 Å². The van der Waals surface area contributed by atoms with Gasteiger partial charge in [0.1, 0.15) is 0 Å². The van der Waals surface area contributed by atoms with Crippen molar-refractivity contribution >= 4 is 0 Å². The average Bonchev–Trinajstić information content (AvgIpc) is 1.54. The first-order valence-corrected chi connectivity index (χ1v) is 4.17. The van der Waals surface area contributed by atoms with Crippen molar-refractivity contribution in [1.29, 1.82) is 0 Å². The van der Waals surface area contributed by atoms with Gasteiger partial charge in [0.15, 0.2) is 0 Å². The molecule has 0 rings (SSSR count). The first-order valence-electron chi connectivity index (χ1n) is 4.17. The maximum Gasteiger partial charge on any atom is 3.00 e. The Labute approximate surface area is 101 Å². The quantitative estimate of drug-likeness (QED) is 0.581. The predicted molar refractivity (Wildman–Crippen MR) is 45.4 cm³/mol. The minimum absolute atomic E-state index is 0. The van der Waals surface area contributed by atoms with Gasteiger partial charge in [-0.2, -0.15) is 0 Å². The van der Waals surface area contributed by atoms with E-state index in [1.54, 1.807) is 41.5 Å². The summed E-state index contributed by atoms with van der Waals surface area (Å²) in [4.78, 5) is 0. The zero-order valence-electron chi connectivity index (χ0n) is 9.46. The molecule has 0 saturated carbocycles. The third-order valence-corrected chi connectivity index (χ3v) is 0. The standard InChI is InChI=1S/3C3H7O.Zr/c3*1-3(2)4;/h3*3H,1-2H3;/q3*-1;+3. The van der Waals surface area contributed by atoms with Crippen molar-refractivity contribution in [2.75, 3.05) is 0 Å². The van der Waals surface area contributed by atoms with Crippen LogP contribution in [0.3, 0.4) is 0 Å². The Morgan fingerprint density at radius 1 is 0.538 bits per heavy atom. The molecule has 0 fully saturated rings. The molecule has 0 aliphatic rings. The Hall–Kier alpha value is 0.763. The largest absolute Gasteiger partial charge is 3.00 e. The number of rotatable bonds is 0. The van der Waals surface area contributed by atoms with Gasteiger partial charge in [0.25, 0.3) is 0 Å². The number of hydrogen-bond donors (Lipinski definition) is 0. The third kappa shape index (κ3) is 2540. The van der Waals surface area contributed by atoms with Crippen molar-refractivity contribution in [1.82, 2.24) is 0 Å². The smallest absolute Gasteiger partial charge is 0.852 e. The molecule has 0 aromatic heterocycles. The van der Waals surface area contributed by atoms with Crippen LogP contribution in [0.25, 0.3) is 0 Å². The minimum Gasteiger partial charge on any atom is -0.852 e. The van der Waals surface area contributed by atoms with E-state index in [9.17, 15) is 15.3 Å². The summed E-state index contributed by atoms with van der Waals surface area (Å²) in [5.74, 6) is 0. The Morgan fingerprint density at radius 2 is 0.538 bits per heavy atom. The average molecular weight is 268 g/mol. The van der Waals surface area contributed by atoms with Gasteiger partial charge in [0.2, 0.25) is 0 Å². The van der Waals surface area contributed by atoms with Crippen LogP contribution in [0.15, 0.2) is 0 Å². The Kier molecular flexibility index (Phi) is 33.5. The van der Waals surface area contributed by atoms with Crippen LogP contribution in [0.2, 0.25) is 0 Å². The summed E-state index contributed by atoms with van der Waals surface area (Å²) in [6, 6.07) is 0. The molecule has 3 nitrogen and oxygen atoms in total. The molecule has 13 heavy (non-hydrogen) atoms. The maximum absolute atomic E-state index is 9.53. The predicted octanol–water partition coefficient (Wildman–Crippen LogP) is -0.737. The van der Waals surface area contributed by atoms with Crippen molar-refractivity contribution < 1.29 is 41.5 Å². The van der Waals surface area contributed by atoms with Crippen LogP contribution in [0.4, 0.5) is 0 Å². The van der Waals surface area contributed by atoms with E-state index >= 15 is 0 Å². The fraction of sp³-hybridized carbons (Fsp3) is 1.00. The molecule has 0 N–H and O–H groups in total. The molecule has 1 radical (unpaired) electrons. The second kappa shape index (κ2) is 18.5. The van der Waals surface area contributed by atoms with Crippen molar-refractivity contribution in [3.05, 3.63) is 0 Å². The topological polar surface area (TPSA) is 69.2 Å². The molecule has 0 aromatic rings. The first-order chi connectivity index (χ1) is 5.20. The van der Waals surface area contributed by atoms with Gasteiger partial charge in [-0.1, -0.05) is 41.5 Å². The van der Waals surface area contributed by atoms with Gasteiger partial charge in [-0.3, -0.25) is 0 Å². The zero-order chi connectivity index (χ0) is 10.7. The van der Waals surface area contributed by atoms with Crippen LogP contribution in [-0.2, 0) is 26.2 Å². The zero-order valence-corrected chi connectivity index (χ0v) is 11.9. The molecular weight excluding hydrogens is 247 g/mol. The summed E-state index contributed by atoms with van der Waals surface area (Å²) in [6.45, 7) is 9.67. The Bertz CT molecular complexity index is 43.4. The van der Waals surface area contributed by atoms with Crippen LogP contribution >= 0.6 is 0 Å². The Morgan fingerprint density at radius 3 is 0.538 bits per heavy atom. The summed E-state index contributed by atoms with van der Waals surface area (Å²) in [7, 11) is 0. The number of hydrogen-bond acceptors (Lipinski definition) is 3. The van der Waals surface area contributed by atoms with Crippen LogP contribution in [-0.4, -0.2) is 18.3 Å². The summed E-state index contributed by atoms with van der Waals surface area (Å²) in [5.41, 5.74) is 0. The van der Waals surface area contributed by atoms with E-state index in [1.807, 2.05) is 0 Å². The van der Waals surface area contributed by atoms with Gasteiger partial charge < -0.3 is 15.3 Å². The Balaban J connectivity index is -0.0000000450. The molecule has 4 heteroatoms. The van der Waals surface area contributed by atoms with E-state index in [-0.39, 0.29) is 26.2 Å². The first kappa shape index (κ1) is 23.5. The summed E-state index contributed by atoms with van der Waals surface area (Å²) >= 11 is 0. The van der Waals surface area contributed by atoms with Crippen LogP contribution in [0.1, 0.15) is 41.5 Å². The molecule has 0 amide bonds. The van der Waals surface area contributed by atoms with Gasteiger partial charge in [-0.05, 0) is 0 Å². The third-order valence-electron chi connectivity index (χ3n) is 0. The van der Waals surface area contributed by atoms with Crippen molar-refractivity contribution in [2.24, 2.45) is 0 Å². The van der Waals surface area contributed by atoms with E-state index in [1.165, 1.54) is 0 Å². The molecule has 0 aliphatic carbocycles. The molecule has 0 bridgehead atoms. The maximum atomic E-state index is 9.53.